The Balaban J connectivity index is 4.93. The van der Waals surface area contributed by atoms with Crippen molar-refractivity contribution >= 4 is 0 Å². The van der Waals surface area contributed by atoms with Gasteiger partial charge in [-0.15, -0.1) is 0 Å². The Labute approximate surface area is 600 Å². The highest BCUT2D eigenvalue weighted by Crippen LogP contribution is 2.59. The zero-order chi connectivity index (χ0) is 69.6. The average molecular weight is 1360 g/mol. The van der Waals surface area contributed by atoms with E-state index >= 15 is 0 Å². The molecule has 9 heteroatoms. The van der Waals surface area contributed by atoms with Crippen molar-refractivity contribution in [1.29, 1.82) is 0 Å². The van der Waals surface area contributed by atoms with E-state index in [0.29, 0.717) is 65.2 Å². The summed E-state index contributed by atoms with van der Waals surface area (Å²) in [7, 11) is 0. The Hall–Kier alpha value is -0.780. The van der Waals surface area contributed by atoms with Crippen LogP contribution in [-0.2, 0) is 42.6 Å². The van der Waals surface area contributed by atoms with Crippen LogP contribution in [0.15, 0.2) is 11.8 Å². The van der Waals surface area contributed by atoms with E-state index in [1.165, 1.54) is 276 Å². The van der Waals surface area contributed by atoms with Gasteiger partial charge in [-0.25, -0.2) is 0 Å². The van der Waals surface area contributed by atoms with Gasteiger partial charge in [0.25, 0.3) is 23.1 Å². The van der Waals surface area contributed by atoms with Crippen LogP contribution in [0.1, 0.15) is 467 Å². The van der Waals surface area contributed by atoms with E-state index in [4.69, 9.17) is 42.6 Å². The molecule has 1 rings (SSSR count). The van der Waals surface area contributed by atoms with E-state index in [1.54, 1.807) is 0 Å². The van der Waals surface area contributed by atoms with Crippen molar-refractivity contribution in [1.82, 2.24) is 0 Å². The largest absolute Gasteiger partial charge is 0.492 e. The topological polar surface area (TPSA) is 83.1 Å². The van der Waals surface area contributed by atoms with Gasteiger partial charge in [-0.05, 0) is 57.8 Å². The molecule has 0 radical (unpaired) electrons. The van der Waals surface area contributed by atoms with E-state index in [2.05, 4.69) is 68.4 Å². The molecule has 0 aromatic rings. The highest BCUT2D eigenvalue weighted by atomic mass is 16.9. The highest BCUT2D eigenvalue weighted by Gasteiger charge is 2.83. The first kappa shape index (κ1) is 93.2. The van der Waals surface area contributed by atoms with E-state index in [1.807, 2.05) is 0 Å². The summed E-state index contributed by atoms with van der Waals surface area (Å²) in [6.07, 6.45) is 75.7. The molecule has 0 amide bonds. The zero-order valence-electron chi connectivity index (χ0n) is 66.7. The molecule has 574 valence electrons. The van der Waals surface area contributed by atoms with Crippen molar-refractivity contribution in [2.75, 3.05) is 59.5 Å². The predicted octanol–water partition coefficient (Wildman–Crippen LogP) is 28.6. The summed E-state index contributed by atoms with van der Waals surface area (Å²) in [6.45, 7) is 24.8. The summed E-state index contributed by atoms with van der Waals surface area (Å²) in [5.41, 5.74) is 0. The highest BCUT2D eigenvalue weighted by molar-refractivity contribution is 5.31. The van der Waals surface area contributed by atoms with Gasteiger partial charge in [0.1, 0.15) is 0 Å². The molecule has 0 spiro atoms. The summed E-state index contributed by atoms with van der Waals surface area (Å²) in [4.78, 5) is 0. The first-order valence-electron chi connectivity index (χ1n) is 43.9. The lowest BCUT2D eigenvalue weighted by Gasteiger charge is -2.62. The number of hydrogen-bond acceptors (Lipinski definition) is 9. The minimum atomic E-state index is -1.89. The zero-order valence-corrected chi connectivity index (χ0v) is 66.7. The molecule has 0 aliphatic heterocycles. The maximum Gasteiger partial charge on any atom is 0.294 e. The maximum absolute atomic E-state index is 8.21. The fraction of sp³-hybridized carbons (Fsp3) is 0.977. The van der Waals surface area contributed by atoms with Gasteiger partial charge in [0.2, 0.25) is 0 Å². The van der Waals surface area contributed by atoms with Crippen molar-refractivity contribution in [3.8, 4) is 0 Å². The molecule has 0 fully saturated rings. The minimum Gasteiger partial charge on any atom is -0.492 e. The van der Waals surface area contributed by atoms with Gasteiger partial charge in [-0.2, -0.15) is 0 Å². The molecular formula is C87H172O9. The second-order valence-corrected chi connectivity index (χ2v) is 29.8. The summed E-state index contributed by atoms with van der Waals surface area (Å²) in [5.74, 6) is -6.58. The Morgan fingerprint density at radius 1 is 0.177 bits per heavy atom. The first-order valence-corrected chi connectivity index (χ1v) is 43.9. The fourth-order valence-electron chi connectivity index (χ4n) is 14.1. The minimum absolute atomic E-state index is 0.411. The summed E-state index contributed by atoms with van der Waals surface area (Å²) < 4.78 is 72.3. The Kier molecular flexibility index (Phi) is 67.9. The molecule has 0 saturated heterocycles. The molecule has 1 aliphatic carbocycles. The quantitative estimate of drug-likeness (QED) is 0.0437. The van der Waals surface area contributed by atoms with Crippen LogP contribution >= 0.6 is 0 Å². The normalized spacial score (nSPS) is 14.9. The van der Waals surface area contributed by atoms with Crippen LogP contribution in [0.4, 0.5) is 0 Å². The Morgan fingerprint density at radius 2 is 0.344 bits per heavy atom. The van der Waals surface area contributed by atoms with E-state index in [9.17, 15) is 0 Å². The molecule has 0 unspecified atom stereocenters. The van der Waals surface area contributed by atoms with Crippen LogP contribution in [0, 0.1) is 0 Å². The second-order valence-electron chi connectivity index (χ2n) is 29.8. The standard InChI is InChI=1S/C87H172O9/c1-10-19-28-37-46-55-64-73-88-83-82-84(89-74-65-56-47-38-29-20-11-2,90-75-66-57-48-39-30-21-12-3)86(93-78-69-60-51-42-33-24-15-6,94-79-70-61-52-43-34-25-16-7)87(95-80-71-62-53-44-35-26-17-8,96-81-72-63-54-45-36-27-18-9)85(83,91-76-67-58-49-40-31-22-13-4)92-77-68-59-50-41-32-23-14-5/h82H,10-81H2,1-9H3. The van der Waals surface area contributed by atoms with Gasteiger partial charge >= 0.3 is 0 Å². The maximum atomic E-state index is 8.21. The van der Waals surface area contributed by atoms with Crippen molar-refractivity contribution in [2.45, 2.75) is 490 Å². The molecule has 0 bridgehead atoms. The van der Waals surface area contributed by atoms with E-state index < -0.39 is 23.1 Å². The van der Waals surface area contributed by atoms with Crippen molar-refractivity contribution < 1.29 is 42.6 Å². The van der Waals surface area contributed by atoms with Crippen molar-refractivity contribution in [2.24, 2.45) is 0 Å². The summed E-state index contributed by atoms with van der Waals surface area (Å²) in [6, 6.07) is 0. The van der Waals surface area contributed by atoms with Gasteiger partial charge in [-0.3, -0.25) is 0 Å². The van der Waals surface area contributed by atoms with E-state index in [0.717, 1.165) is 128 Å². The van der Waals surface area contributed by atoms with Gasteiger partial charge in [-0.1, -0.05) is 409 Å². The molecule has 0 N–H and O–H groups in total. The molecule has 0 aromatic heterocycles. The third-order valence-corrected chi connectivity index (χ3v) is 20.4. The molecule has 96 heavy (non-hydrogen) atoms. The van der Waals surface area contributed by atoms with Gasteiger partial charge in [0.05, 0.1) is 59.5 Å². The number of rotatable bonds is 81. The van der Waals surface area contributed by atoms with Crippen LogP contribution in [-0.4, -0.2) is 82.6 Å². The summed E-state index contributed by atoms with van der Waals surface area (Å²) in [5, 5.41) is 0. The first-order chi connectivity index (χ1) is 47.4. The van der Waals surface area contributed by atoms with Crippen LogP contribution in [0.2, 0.25) is 0 Å². The lowest BCUT2D eigenvalue weighted by atomic mass is 9.79. The van der Waals surface area contributed by atoms with Crippen LogP contribution in [0.3, 0.4) is 0 Å². The van der Waals surface area contributed by atoms with Crippen LogP contribution < -0.4 is 0 Å². The van der Waals surface area contributed by atoms with Gasteiger partial charge in [0.15, 0.2) is 5.76 Å². The summed E-state index contributed by atoms with van der Waals surface area (Å²) >= 11 is 0. The SMILES string of the molecule is CCCCCCCCCOC1=CC(OCCCCCCCCC)(OCCCCCCCCC)C(OCCCCCCCCC)(OCCCCCCCCC)C(OCCCCCCCCC)(OCCCCCCCCC)C1(OCCCCCCCCC)OCCCCCCCCC. The second kappa shape index (κ2) is 69.9. The lowest BCUT2D eigenvalue weighted by molar-refractivity contribution is -0.544. The molecule has 0 heterocycles. The van der Waals surface area contributed by atoms with Crippen molar-refractivity contribution in [3.63, 3.8) is 0 Å². The van der Waals surface area contributed by atoms with Gasteiger partial charge < -0.3 is 42.6 Å². The van der Waals surface area contributed by atoms with Crippen LogP contribution in [0.25, 0.3) is 0 Å². The van der Waals surface area contributed by atoms with Gasteiger partial charge in [0, 0.05) is 6.08 Å². The molecule has 1 aliphatic rings. The Bertz CT molecular complexity index is 1490. The number of unbranched alkanes of at least 4 members (excludes halogenated alkanes) is 54. The smallest absolute Gasteiger partial charge is 0.294 e. The fourth-order valence-corrected chi connectivity index (χ4v) is 14.1. The molecule has 0 aromatic carbocycles. The molecule has 9 nitrogen and oxygen atoms in total. The lowest BCUT2D eigenvalue weighted by Crippen LogP contribution is -2.84. The third-order valence-electron chi connectivity index (χ3n) is 20.4. The number of hydrogen-bond donors (Lipinski definition) is 0. The Morgan fingerprint density at radius 3 is 0.562 bits per heavy atom. The van der Waals surface area contributed by atoms with Crippen LogP contribution in [0.5, 0.6) is 0 Å². The molecule has 0 atom stereocenters. The van der Waals surface area contributed by atoms with E-state index in [-0.39, 0.29) is 0 Å². The predicted molar refractivity (Wildman–Crippen MR) is 415 cm³/mol. The average Bonchev–Trinajstić information content (AvgIpc) is 0.674. The molecule has 0 saturated carbocycles. The monoisotopic (exact) mass is 1360 g/mol. The third kappa shape index (κ3) is 43.4. The number of ether oxygens (including phenoxy) is 9. The molecular weight excluding hydrogens is 1190 g/mol. The van der Waals surface area contributed by atoms with Crippen molar-refractivity contribution in [3.05, 3.63) is 11.8 Å².